The number of amides is 2. The van der Waals surface area contributed by atoms with E-state index in [1.165, 1.54) is 43.2 Å². The SMILES string of the molecule is COc1cc(C(=O)NC2(C(=O)NC(C)c3ccc(-c4cc(Cl)cc(F)c4-c4nnn(C)n4)cc3F)COC2)on1. The summed E-state index contributed by atoms with van der Waals surface area (Å²) < 4.78 is 45.3. The van der Waals surface area contributed by atoms with E-state index >= 15 is 4.39 Å². The Kier molecular flexibility index (Phi) is 7.21. The molecule has 1 fully saturated rings. The van der Waals surface area contributed by atoms with Crippen molar-refractivity contribution >= 4 is 23.4 Å². The van der Waals surface area contributed by atoms with E-state index in [1.54, 1.807) is 13.0 Å². The minimum atomic E-state index is -1.39. The number of hydrogen-bond donors (Lipinski definition) is 2. The lowest BCUT2D eigenvalue weighted by atomic mass is 9.93. The van der Waals surface area contributed by atoms with Crippen molar-refractivity contribution in [2.75, 3.05) is 20.3 Å². The number of hydrogen-bond acceptors (Lipinski definition) is 9. The quantitative estimate of drug-likeness (QED) is 0.325. The maximum atomic E-state index is 15.4. The van der Waals surface area contributed by atoms with Crippen LogP contribution in [0.1, 0.15) is 29.1 Å². The third-order valence-electron chi connectivity index (χ3n) is 6.32. The number of aromatic nitrogens is 5. The third-order valence-corrected chi connectivity index (χ3v) is 6.54. The molecule has 5 rings (SSSR count). The maximum absolute atomic E-state index is 15.4. The lowest BCUT2D eigenvalue weighted by Crippen LogP contribution is -2.70. The van der Waals surface area contributed by atoms with Crippen molar-refractivity contribution in [3.8, 4) is 28.4 Å². The Morgan fingerprint density at radius 2 is 1.95 bits per heavy atom. The first-order valence-electron chi connectivity index (χ1n) is 11.9. The van der Waals surface area contributed by atoms with Gasteiger partial charge in [0.2, 0.25) is 11.6 Å². The molecule has 0 saturated carbocycles. The molecule has 1 atom stereocenters. The number of tetrazole rings is 1. The Labute approximate surface area is 230 Å². The molecule has 3 heterocycles. The minimum Gasteiger partial charge on any atom is -0.479 e. The van der Waals surface area contributed by atoms with Crippen LogP contribution in [0.3, 0.4) is 0 Å². The third kappa shape index (κ3) is 5.10. The fraction of sp³-hybridized carbons (Fsp3) is 0.280. The van der Waals surface area contributed by atoms with Crippen LogP contribution in [0.2, 0.25) is 5.02 Å². The summed E-state index contributed by atoms with van der Waals surface area (Å²) in [6.07, 6.45) is 0. The predicted molar refractivity (Wildman–Crippen MR) is 135 cm³/mol. The van der Waals surface area contributed by atoms with E-state index in [-0.39, 0.29) is 52.4 Å². The highest BCUT2D eigenvalue weighted by Gasteiger charge is 2.48. The van der Waals surface area contributed by atoms with E-state index in [1.807, 2.05) is 0 Å². The molecule has 2 aromatic heterocycles. The molecule has 2 amide bonds. The van der Waals surface area contributed by atoms with Gasteiger partial charge in [-0.25, -0.2) is 8.78 Å². The average molecular weight is 574 g/mol. The Morgan fingerprint density at radius 1 is 1.18 bits per heavy atom. The van der Waals surface area contributed by atoms with Crippen LogP contribution in [0.25, 0.3) is 22.5 Å². The van der Waals surface area contributed by atoms with Crippen LogP contribution in [-0.2, 0) is 16.6 Å². The number of halogens is 3. The van der Waals surface area contributed by atoms with Crippen molar-refractivity contribution in [3.05, 3.63) is 64.4 Å². The molecule has 1 unspecified atom stereocenters. The lowest BCUT2D eigenvalue weighted by Gasteiger charge is -2.40. The molecule has 0 aliphatic carbocycles. The van der Waals surface area contributed by atoms with Gasteiger partial charge in [0, 0.05) is 10.6 Å². The first-order valence-corrected chi connectivity index (χ1v) is 12.2. The van der Waals surface area contributed by atoms with E-state index in [0.717, 1.165) is 6.07 Å². The van der Waals surface area contributed by atoms with Gasteiger partial charge in [-0.2, -0.15) is 4.80 Å². The van der Waals surface area contributed by atoms with Gasteiger partial charge in [0.1, 0.15) is 11.6 Å². The normalized spacial score (nSPS) is 14.8. The summed E-state index contributed by atoms with van der Waals surface area (Å²) >= 11 is 6.09. The van der Waals surface area contributed by atoms with Crippen LogP contribution >= 0.6 is 11.6 Å². The Bertz CT molecular complexity index is 1600. The zero-order valence-corrected chi connectivity index (χ0v) is 22.1. The molecule has 12 nitrogen and oxygen atoms in total. The van der Waals surface area contributed by atoms with Crippen LogP contribution in [0, 0.1) is 11.6 Å². The van der Waals surface area contributed by atoms with E-state index in [0.29, 0.717) is 5.56 Å². The monoisotopic (exact) mass is 573 g/mol. The van der Waals surface area contributed by atoms with Crippen molar-refractivity contribution in [2.24, 2.45) is 7.05 Å². The summed E-state index contributed by atoms with van der Waals surface area (Å²) in [5.41, 5.74) is -0.656. The number of rotatable bonds is 8. The van der Waals surface area contributed by atoms with Gasteiger partial charge in [-0.15, -0.1) is 10.2 Å². The summed E-state index contributed by atoms with van der Waals surface area (Å²) in [6.45, 7) is 1.40. The standard InChI is InChI=1S/C25H22ClF2N7O5/c1-12(29-24(37)25(10-39-11-25)30-23(36)19-9-20(38-3)33-40-19)15-5-4-13(6-17(15)27)16-7-14(26)8-18(28)21(16)22-31-34-35(2)32-22/h4-9,12H,10-11H2,1-3H3,(H,29,37)(H,30,36). The van der Waals surface area contributed by atoms with Crippen molar-refractivity contribution in [3.63, 3.8) is 0 Å². The van der Waals surface area contributed by atoms with E-state index in [2.05, 4.69) is 31.2 Å². The molecule has 2 aromatic carbocycles. The van der Waals surface area contributed by atoms with Crippen molar-refractivity contribution in [2.45, 2.75) is 18.5 Å². The van der Waals surface area contributed by atoms with Gasteiger partial charge >= 0.3 is 0 Å². The summed E-state index contributed by atoms with van der Waals surface area (Å²) in [5.74, 6) is -2.68. The number of benzene rings is 2. The molecule has 15 heteroatoms. The summed E-state index contributed by atoms with van der Waals surface area (Å²) in [5, 5.41) is 20.6. The minimum absolute atomic E-state index is 0.00983. The zero-order chi connectivity index (χ0) is 28.6. The Balaban J connectivity index is 1.36. The van der Waals surface area contributed by atoms with Crippen molar-refractivity contribution in [1.29, 1.82) is 0 Å². The highest BCUT2D eigenvalue weighted by atomic mass is 35.5. The Hall–Kier alpha value is -4.43. The number of ether oxygens (including phenoxy) is 2. The van der Waals surface area contributed by atoms with Crippen LogP contribution in [0.4, 0.5) is 8.78 Å². The second-order valence-corrected chi connectivity index (χ2v) is 9.54. The predicted octanol–water partition coefficient (Wildman–Crippen LogP) is 2.85. The molecular formula is C25H22ClF2N7O5. The van der Waals surface area contributed by atoms with Gasteiger partial charge in [0.15, 0.2) is 5.54 Å². The molecule has 1 aliphatic rings. The first kappa shape index (κ1) is 27.1. The van der Waals surface area contributed by atoms with Gasteiger partial charge in [-0.05, 0) is 46.6 Å². The Morgan fingerprint density at radius 3 is 2.55 bits per heavy atom. The lowest BCUT2D eigenvalue weighted by molar-refractivity contribution is -0.147. The zero-order valence-electron chi connectivity index (χ0n) is 21.4. The summed E-state index contributed by atoms with van der Waals surface area (Å²) in [4.78, 5) is 26.9. The van der Waals surface area contributed by atoms with E-state index < -0.39 is 35.0 Å². The van der Waals surface area contributed by atoms with E-state index in [9.17, 15) is 14.0 Å². The molecule has 208 valence electrons. The van der Waals surface area contributed by atoms with Gasteiger partial charge < -0.3 is 24.6 Å². The largest absolute Gasteiger partial charge is 0.479 e. The number of methoxy groups -OCH3 is 1. The molecule has 40 heavy (non-hydrogen) atoms. The molecular weight excluding hydrogens is 552 g/mol. The van der Waals surface area contributed by atoms with Crippen molar-refractivity contribution < 1.29 is 32.4 Å². The molecule has 0 bridgehead atoms. The fourth-order valence-corrected chi connectivity index (χ4v) is 4.38. The fourth-order valence-electron chi connectivity index (χ4n) is 4.18. The van der Waals surface area contributed by atoms with Crippen molar-refractivity contribution in [1.82, 2.24) is 36.0 Å². The highest BCUT2D eigenvalue weighted by Crippen LogP contribution is 2.36. The second-order valence-electron chi connectivity index (χ2n) is 9.11. The summed E-state index contributed by atoms with van der Waals surface area (Å²) in [6, 6.07) is 7.28. The van der Waals surface area contributed by atoms with Crippen LogP contribution in [0.15, 0.2) is 40.9 Å². The molecule has 0 radical (unpaired) electrons. The van der Waals surface area contributed by atoms with Crippen LogP contribution in [0.5, 0.6) is 5.88 Å². The topological polar surface area (TPSA) is 146 Å². The van der Waals surface area contributed by atoms with Gasteiger partial charge in [0.05, 0.1) is 45.0 Å². The molecule has 0 spiro atoms. The number of aryl methyl sites for hydroxylation is 1. The number of carbonyl (C=O) groups is 2. The number of nitrogens with zero attached hydrogens (tertiary/aromatic N) is 5. The number of nitrogens with one attached hydrogen (secondary N) is 2. The van der Waals surface area contributed by atoms with Crippen LogP contribution < -0.4 is 15.4 Å². The highest BCUT2D eigenvalue weighted by molar-refractivity contribution is 6.31. The summed E-state index contributed by atoms with van der Waals surface area (Å²) in [7, 11) is 2.90. The van der Waals surface area contributed by atoms with E-state index in [4.69, 9.17) is 25.6 Å². The van der Waals surface area contributed by atoms with Gasteiger partial charge in [-0.1, -0.05) is 23.7 Å². The van der Waals surface area contributed by atoms with Crippen LogP contribution in [-0.4, -0.2) is 63.0 Å². The van der Waals surface area contributed by atoms with Gasteiger partial charge in [-0.3, -0.25) is 9.59 Å². The average Bonchev–Trinajstić information content (AvgIpc) is 3.54. The second kappa shape index (κ2) is 10.6. The molecule has 1 aliphatic heterocycles. The van der Waals surface area contributed by atoms with Gasteiger partial charge in [0.25, 0.3) is 17.7 Å². The molecule has 1 saturated heterocycles. The smallest absolute Gasteiger partial charge is 0.291 e. The molecule has 2 N–H and O–H groups in total. The maximum Gasteiger partial charge on any atom is 0.291 e. The molecule has 4 aromatic rings. The number of carbonyl (C=O) groups excluding carboxylic acids is 2. The first-order chi connectivity index (χ1) is 19.1.